The van der Waals surface area contributed by atoms with Gasteiger partial charge in [-0.05, 0) is 37.3 Å². The summed E-state index contributed by atoms with van der Waals surface area (Å²) in [5, 5.41) is 11.7. The number of aliphatic hydroxyl groups excluding tert-OH is 1. The molecule has 12 nitrogen and oxygen atoms in total. The molecular formula is C30H34N4O8S. The minimum Gasteiger partial charge on any atom is -0.507 e. The lowest BCUT2D eigenvalue weighted by molar-refractivity contribution is -0.144. The van der Waals surface area contributed by atoms with E-state index in [2.05, 4.69) is 4.90 Å². The second-order valence-corrected chi connectivity index (χ2v) is 12.7. The van der Waals surface area contributed by atoms with E-state index in [1.807, 2.05) is 0 Å². The molecule has 228 valence electrons. The standard InChI is InChI=1S/C30H34N4O8S/c1-2-33-24-6-4-3-5-23(24)30(29(33)38)25(27(36)28(37)34(30)12-11-31-13-17-41-18-14-31)26(35)21-7-9-22(10-8-21)43(39,40)32-15-19-42-20-16-32/h3-10,35H,2,11-20H2,1H3/b26-25+. The van der Waals surface area contributed by atoms with Gasteiger partial charge in [-0.3, -0.25) is 19.3 Å². The highest BCUT2D eigenvalue weighted by Crippen LogP contribution is 2.53. The van der Waals surface area contributed by atoms with Gasteiger partial charge in [0, 0.05) is 56.9 Å². The Morgan fingerprint density at radius 2 is 1.51 bits per heavy atom. The molecule has 0 saturated carbocycles. The number of amides is 2. The molecule has 4 aliphatic heterocycles. The van der Waals surface area contributed by atoms with Crippen molar-refractivity contribution in [1.29, 1.82) is 0 Å². The Balaban J connectivity index is 1.45. The van der Waals surface area contributed by atoms with E-state index in [0.29, 0.717) is 63.9 Å². The van der Waals surface area contributed by atoms with Crippen LogP contribution < -0.4 is 4.90 Å². The van der Waals surface area contributed by atoms with Gasteiger partial charge in [-0.15, -0.1) is 0 Å². The number of hydrogen-bond acceptors (Lipinski definition) is 9. The van der Waals surface area contributed by atoms with Crippen molar-refractivity contribution < 1.29 is 37.4 Å². The molecular weight excluding hydrogens is 576 g/mol. The van der Waals surface area contributed by atoms with Gasteiger partial charge in [-0.1, -0.05) is 18.2 Å². The lowest BCUT2D eigenvalue weighted by Crippen LogP contribution is -2.54. The first-order chi connectivity index (χ1) is 20.7. The molecule has 1 spiro atoms. The minimum absolute atomic E-state index is 0.0195. The maximum atomic E-state index is 14.4. The SMILES string of the molecule is CCN1C(=O)C2(/C(=C(/O)c3ccc(S(=O)(=O)N4CCOCC4)cc3)C(=O)C(=O)N2CCN2CCOCC2)c2ccccc21. The second kappa shape index (κ2) is 11.5. The fourth-order valence-electron chi connectivity index (χ4n) is 6.41. The quantitative estimate of drug-likeness (QED) is 0.276. The summed E-state index contributed by atoms with van der Waals surface area (Å²) in [7, 11) is -3.80. The Morgan fingerprint density at radius 3 is 2.16 bits per heavy atom. The van der Waals surface area contributed by atoms with Crippen molar-refractivity contribution in [2.24, 2.45) is 0 Å². The van der Waals surface area contributed by atoms with Gasteiger partial charge in [0.05, 0.1) is 42.6 Å². The number of carbonyl (C=O) groups excluding carboxylic acids is 3. The van der Waals surface area contributed by atoms with Crippen molar-refractivity contribution in [1.82, 2.24) is 14.1 Å². The van der Waals surface area contributed by atoms with E-state index in [9.17, 15) is 27.9 Å². The number of ether oxygens (including phenoxy) is 2. The number of likely N-dealkylation sites (tertiary alicyclic amines) is 1. The predicted molar refractivity (Wildman–Crippen MR) is 156 cm³/mol. The molecule has 2 amide bonds. The summed E-state index contributed by atoms with van der Waals surface area (Å²) in [6, 6.07) is 12.5. The third kappa shape index (κ3) is 4.66. The number of nitrogens with zero attached hydrogens (tertiary/aromatic N) is 4. The summed E-state index contributed by atoms with van der Waals surface area (Å²) in [4.78, 5) is 46.8. The molecule has 43 heavy (non-hydrogen) atoms. The number of fused-ring (bicyclic) bond motifs is 2. The molecule has 2 aromatic carbocycles. The van der Waals surface area contributed by atoms with Gasteiger partial charge in [-0.25, -0.2) is 8.42 Å². The third-order valence-corrected chi connectivity index (χ3v) is 10.5. The molecule has 0 aliphatic carbocycles. The number of sulfonamides is 1. The molecule has 0 radical (unpaired) electrons. The number of carbonyl (C=O) groups is 3. The van der Waals surface area contributed by atoms with Crippen LogP contribution in [0.15, 0.2) is 59.0 Å². The highest BCUT2D eigenvalue weighted by atomic mass is 32.2. The summed E-state index contributed by atoms with van der Waals surface area (Å²) < 4.78 is 38.3. The predicted octanol–water partition coefficient (Wildman–Crippen LogP) is 0.982. The van der Waals surface area contributed by atoms with Crippen molar-refractivity contribution >= 4 is 39.1 Å². The first kappa shape index (κ1) is 29.5. The van der Waals surface area contributed by atoms with Crippen molar-refractivity contribution in [3.63, 3.8) is 0 Å². The highest BCUT2D eigenvalue weighted by Gasteiger charge is 2.66. The molecule has 4 heterocycles. The fourth-order valence-corrected chi connectivity index (χ4v) is 7.82. The number of benzene rings is 2. The Kier molecular flexibility index (Phi) is 7.86. The first-order valence-electron chi connectivity index (χ1n) is 14.4. The molecule has 3 fully saturated rings. The first-order valence-corrected chi connectivity index (χ1v) is 15.9. The summed E-state index contributed by atoms with van der Waals surface area (Å²) >= 11 is 0. The summed E-state index contributed by atoms with van der Waals surface area (Å²) in [6.45, 7) is 6.06. The van der Waals surface area contributed by atoms with E-state index < -0.39 is 38.9 Å². The zero-order valence-electron chi connectivity index (χ0n) is 23.9. The van der Waals surface area contributed by atoms with Gasteiger partial charge in [-0.2, -0.15) is 4.31 Å². The lowest BCUT2D eigenvalue weighted by Gasteiger charge is -2.36. The fraction of sp³-hybridized carbons (Fsp3) is 0.433. The average Bonchev–Trinajstić information content (AvgIpc) is 3.42. The molecule has 13 heteroatoms. The van der Waals surface area contributed by atoms with Gasteiger partial charge < -0.3 is 24.4 Å². The van der Waals surface area contributed by atoms with Crippen LogP contribution in [-0.4, -0.2) is 117 Å². The number of para-hydroxylation sites is 1. The molecule has 1 N–H and O–H groups in total. The number of ketones is 1. The van der Waals surface area contributed by atoms with Crippen LogP contribution in [-0.2, 0) is 39.4 Å². The Labute approximate surface area is 250 Å². The van der Waals surface area contributed by atoms with Gasteiger partial charge in [0.2, 0.25) is 10.0 Å². The maximum Gasteiger partial charge on any atom is 0.296 e. The molecule has 2 aromatic rings. The monoisotopic (exact) mass is 610 g/mol. The zero-order valence-corrected chi connectivity index (χ0v) is 24.7. The largest absolute Gasteiger partial charge is 0.507 e. The lowest BCUT2D eigenvalue weighted by atomic mass is 9.82. The molecule has 4 aliphatic rings. The van der Waals surface area contributed by atoms with E-state index in [1.165, 1.54) is 38.4 Å². The van der Waals surface area contributed by atoms with Crippen molar-refractivity contribution in [3.05, 3.63) is 65.2 Å². The third-order valence-electron chi connectivity index (χ3n) is 8.60. The van der Waals surface area contributed by atoms with Crippen LogP contribution in [0.25, 0.3) is 5.76 Å². The number of anilines is 1. The van der Waals surface area contributed by atoms with Crippen LogP contribution in [0, 0.1) is 0 Å². The molecule has 0 aromatic heterocycles. The number of Topliss-reactive ketones (excluding diaryl/α,β-unsaturated/α-hetero) is 1. The van der Waals surface area contributed by atoms with Gasteiger partial charge in [0.15, 0.2) is 5.54 Å². The highest BCUT2D eigenvalue weighted by molar-refractivity contribution is 7.89. The molecule has 6 rings (SSSR count). The molecule has 1 unspecified atom stereocenters. The van der Waals surface area contributed by atoms with E-state index in [0.717, 1.165) is 0 Å². The Hall–Kier alpha value is -3.62. The van der Waals surface area contributed by atoms with Crippen LogP contribution in [0.2, 0.25) is 0 Å². The number of likely N-dealkylation sites (N-methyl/N-ethyl adjacent to an activating group) is 1. The minimum atomic E-state index is -3.80. The Morgan fingerprint density at radius 1 is 0.884 bits per heavy atom. The number of hydrogen-bond donors (Lipinski definition) is 1. The normalized spacial score (nSPS) is 24.7. The molecule has 1 atom stereocenters. The van der Waals surface area contributed by atoms with Gasteiger partial charge >= 0.3 is 0 Å². The average molecular weight is 611 g/mol. The number of rotatable bonds is 7. The smallest absolute Gasteiger partial charge is 0.296 e. The Bertz CT molecular complexity index is 1580. The van der Waals surface area contributed by atoms with Gasteiger partial charge in [0.1, 0.15) is 5.76 Å². The van der Waals surface area contributed by atoms with Crippen LogP contribution in [0.3, 0.4) is 0 Å². The van der Waals surface area contributed by atoms with E-state index in [1.54, 1.807) is 31.2 Å². The summed E-state index contributed by atoms with van der Waals surface area (Å²) in [6.07, 6.45) is 0. The van der Waals surface area contributed by atoms with Gasteiger partial charge in [0.25, 0.3) is 17.6 Å². The summed E-state index contributed by atoms with van der Waals surface area (Å²) in [5.74, 6) is -2.87. The topological polar surface area (TPSA) is 137 Å². The van der Waals surface area contributed by atoms with E-state index in [4.69, 9.17) is 9.47 Å². The van der Waals surface area contributed by atoms with Crippen LogP contribution in [0.4, 0.5) is 5.69 Å². The zero-order chi connectivity index (χ0) is 30.4. The van der Waals surface area contributed by atoms with Crippen molar-refractivity contribution in [2.75, 3.05) is 77.1 Å². The maximum absolute atomic E-state index is 14.4. The molecule has 0 bridgehead atoms. The molecule has 3 saturated heterocycles. The van der Waals surface area contributed by atoms with Crippen LogP contribution >= 0.6 is 0 Å². The van der Waals surface area contributed by atoms with Crippen molar-refractivity contribution in [2.45, 2.75) is 17.4 Å². The van der Waals surface area contributed by atoms with Crippen LogP contribution in [0.5, 0.6) is 0 Å². The van der Waals surface area contributed by atoms with Crippen molar-refractivity contribution in [3.8, 4) is 0 Å². The second-order valence-electron chi connectivity index (χ2n) is 10.8. The number of morpholine rings is 2. The number of aliphatic hydroxyl groups is 1. The van der Waals surface area contributed by atoms with E-state index in [-0.39, 0.29) is 35.7 Å². The van der Waals surface area contributed by atoms with E-state index >= 15 is 0 Å². The van der Waals surface area contributed by atoms with Crippen LogP contribution in [0.1, 0.15) is 18.1 Å². The summed E-state index contributed by atoms with van der Waals surface area (Å²) in [5.41, 5.74) is -1.07.